The van der Waals surface area contributed by atoms with Crippen LogP contribution in [0, 0.1) is 20.8 Å². The first-order valence-corrected chi connectivity index (χ1v) is 22.7. The predicted molar refractivity (Wildman–Crippen MR) is 268 cm³/mol. The minimum absolute atomic E-state index is 0.00108. The van der Waals surface area contributed by atoms with Gasteiger partial charge in [-0.05, 0) is 127 Å². The number of ketones is 2. The van der Waals surface area contributed by atoms with Crippen molar-refractivity contribution >= 4 is 62.9 Å². The zero-order valence-corrected chi connectivity index (χ0v) is 38.2. The Kier molecular flexibility index (Phi) is 12.0. The lowest BCUT2D eigenvalue weighted by Gasteiger charge is -2.19. The van der Waals surface area contributed by atoms with Crippen LogP contribution in [0.1, 0.15) is 57.6 Å². The van der Waals surface area contributed by atoms with Gasteiger partial charge < -0.3 is 19.6 Å². The molecule has 0 radical (unpaired) electrons. The average molecular weight is 905 g/mol. The number of allylic oxidation sites excluding steroid dienone is 10. The third kappa shape index (κ3) is 9.33. The lowest BCUT2D eigenvalue weighted by Crippen LogP contribution is -2.23. The molecule has 8 bridgehead atoms. The van der Waals surface area contributed by atoms with E-state index in [1.807, 2.05) is 36.4 Å². The topological polar surface area (TPSA) is 144 Å². The highest BCUT2D eigenvalue weighted by molar-refractivity contribution is 6.51. The normalized spacial score (nSPS) is 16.1. The molecule has 10 heteroatoms. The lowest BCUT2D eigenvalue weighted by atomic mass is 9.98. The van der Waals surface area contributed by atoms with Gasteiger partial charge in [-0.2, -0.15) is 0 Å². The van der Waals surface area contributed by atoms with Crippen LogP contribution in [0.15, 0.2) is 202 Å². The minimum atomic E-state index is -0.646. The summed E-state index contributed by atoms with van der Waals surface area (Å²) < 4.78 is 10.8. The van der Waals surface area contributed by atoms with E-state index < -0.39 is 17.7 Å². The van der Waals surface area contributed by atoms with Crippen LogP contribution in [0.25, 0.3) is 28.2 Å². The Bertz CT molecular complexity index is 3460. The molecule has 5 heterocycles. The molecule has 4 aromatic carbocycles. The van der Waals surface area contributed by atoms with Crippen LogP contribution in [0.5, 0.6) is 0 Å². The molecule has 0 fully saturated rings. The van der Waals surface area contributed by atoms with E-state index in [1.54, 1.807) is 12.1 Å². The van der Waals surface area contributed by atoms with E-state index in [0.717, 1.165) is 113 Å². The highest BCUT2D eigenvalue weighted by atomic mass is 16.6. The number of carbonyl (C=O) groups excluding carboxylic acids is 3. The number of ether oxygens (including phenoxy) is 2. The van der Waals surface area contributed by atoms with Gasteiger partial charge in [-0.3, -0.25) is 14.4 Å². The van der Waals surface area contributed by atoms with Gasteiger partial charge in [0.05, 0.1) is 53.2 Å². The molecule has 4 aliphatic heterocycles. The standard InChI is InChI=1S/C59H46N4O6/c1-35-5-11-38(12-6-35)55-45-22-24-47(60-45)56(39-13-7-36(2)8-14-39)49-26-28-51(62-49)58(52-29-27-50(63-52)57(48-25-23-46(55)61-48)40-15-9-37(3)10-16-40)41-17-19-42(20-18-41)59(67)69-32-4-31-68-54(66)34-43-33-44(64)21-30-53(43)65/h5-30,33H,4,31-32,34H2,1-3H3,(H2,60,61,62,63,64,65,67)/p-2. The molecular weight excluding hydrogens is 861 g/mol. The first-order valence-electron chi connectivity index (χ1n) is 22.7. The van der Waals surface area contributed by atoms with Crippen molar-refractivity contribution in [2.24, 2.45) is 15.0 Å². The van der Waals surface area contributed by atoms with E-state index in [2.05, 4.69) is 118 Å². The average Bonchev–Trinajstić information content (AvgIpc) is 4.21. The maximum absolute atomic E-state index is 13.3. The van der Waals surface area contributed by atoms with Crippen molar-refractivity contribution in [1.82, 2.24) is 4.98 Å². The number of aromatic nitrogens is 1. The van der Waals surface area contributed by atoms with E-state index in [0.29, 0.717) is 16.6 Å². The number of rotatable bonds is 10. The maximum Gasteiger partial charge on any atom is 0.310 e. The lowest BCUT2D eigenvalue weighted by molar-refractivity contribution is -0.291. The number of hydrogen-bond donors (Lipinski definition) is 0. The number of fused-ring (bicyclic) bond motifs is 5. The largest absolute Gasteiger partial charge is 0.657 e. The van der Waals surface area contributed by atoms with Crippen molar-refractivity contribution in [1.29, 1.82) is 0 Å². The van der Waals surface area contributed by atoms with Gasteiger partial charge in [-0.1, -0.05) is 126 Å². The molecule has 10 rings (SSSR count). The minimum Gasteiger partial charge on any atom is -0.657 e. The molecule has 0 saturated heterocycles. The highest BCUT2D eigenvalue weighted by Gasteiger charge is 2.25. The van der Waals surface area contributed by atoms with Crippen LogP contribution in [0.3, 0.4) is 0 Å². The highest BCUT2D eigenvalue weighted by Crippen LogP contribution is 2.38. The number of benzene rings is 4. The second-order valence-electron chi connectivity index (χ2n) is 17.2. The molecule has 0 atom stereocenters. The number of aliphatic imine (C=N–C) groups is 3. The molecule has 1 aromatic heterocycles. The molecule has 5 aromatic rings. The molecule has 10 nitrogen and oxygen atoms in total. The van der Waals surface area contributed by atoms with E-state index in [4.69, 9.17) is 29.4 Å². The Hall–Kier alpha value is -8.76. The van der Waals surface area contributed by atoms with E-state index in [1.165, 1.54) is 0 Å². The Morgan fingerprint density at radius 3 is 1.51 bits per heavy atom. The summed E-state index contributed by atoms with van der Waals surface area (Å²) in [5.74, 6) is -1.94. The second kappa shape index (κ2) is 18.9. The summed E-state index contributed by atoms with van der Waals surface area (Å²) >= 11 is 0. The quantitative estimate of drug-likeness (QED) is 0.0791. The van der Waals surface area contributed by atoms with Crippen LogP contribution in [-0.4, -0.2) is 47.9 Å². The van der Waals surface area contributed by atoms with Crippen LogP contribution in [0.2, 0.25) is 0 Å². The van der Waals surface area contributed by atoms with Crippen LogP contribution < -0.4 is 20.5 Å². The maximum atomic E-state index is 13.3. The van der Waals surface area contributed by atoms with E-state index in [-0.39, 0.29) is 37.4 Å². The molecular formula is C59H44N4O6-2. The zero-order chi connectivity index (χ0) is 47.6. The van der Waals surface area contributed by atoms with E-state index >= 15 is 0 Å². The first-order chi connectivity index (χ1) is 33.5. The molecule has 5 aliphatic rings. The van der Waals surface area contributed by atoms with Gasteiger partial charge in [0.15, 0.2) is 11.6 Å². The van der Waals surface area contributed by atoms with Crippen molar-refractivity contribution in [2.75, 3.05) is 13.2 Å². The number of carbonyl (C=O) groups is 3. The van der Waals surface area contributed by atoms with Gasteiger partial charge in [0, 0.05) is 16.7 Å². The second-order valence-corrected chi connectivity index (χ2v) is 17.2. The predicted octanol–water partition coefficient (Wildman–Crippen LogP) is 7.80. The Labute approximate surface area is 398 Å². The van der Waals surface area contributed by atoms with Crippen LogP contribution in [-0.2, 0) is 23.9 Å². The molecule has 0 saturated carbocycles. The summed E-state index contributed by atoms with van der Waals surface area (Å²) in [6.45, 7) is 6.19. The number of hydrogen-bond acceptors (Lipinski definition) is 9. The molecule has 0 amide bonds. The summed E-state index contributed by atoms with van der Waals surface area (Å²) in [6, 6.07) is 36.5. The van der Waals surface area contributed by atoms with Crippen molar-refractivity contribution < 1.29 is 29.0 Å². The fraction of sp³-hybridized carbons (Fsp3) is 0.119. The van der Waals surface area contributed by atoms with Gasteiger partial charge in [0.25, 0.3) is 0 Å². The summed E-state index contributed by atoms with van der Waals surface area (Å²) in [5.41, 5.74) is 15.9. The Balaban J connectivity index is 1.06. The molecule has 0 spiro atoms. The third-order valence-electron chi connectivity index (χ3n) is 12.2. The van der Waals surface area contributed by atoms with Gasteiger partial charge >= 0.3 is 5.97 Å². The molecule has 0 unspecified atom stereocenters. The molecule has 69 heavy (non-hydrogen) atoms. The van der Waals surface area contributed by atoms with Crippen LogP contribution >= 0.6 is 0 Å². The Morgan fingerprint density at radius 2 is 0.986 bits per heavy atom. The molecule has 338 valence electrons. The molecule has 0 N–H and O–H groups in total. The van der Waals surface area contributed by atoms with Gasteiger partial charge in [-0.25, -0.2) is 15.0 Å². The number of esters is 1. The van der Waals surface area contributed by atoms with Crippen molar-refractivity contribution in [3.8, 4) is 0 Å². The van der Waals surface area contributed by atoms with Crippen molar-refractivity contribution in [3.63, 3.8) is 0 Å². The van der Waals surface area contributed by atoms with Crippen LogP contribution in [0.4, 0.5) is 0 Å². The van der Waals surface area contributed by atoms with Crippen molar-refractivity contribution in [3.05, 3.63) is 242 Å². The summed E-state index contributed by atoms with van der Waals surface area (Å²) in [4.78, 5) is 57.3. The summed E-state index contributed by atoms with van der Waals surface area (Å²) in [7, 11) is 0. The van der Waals surface area contributed by atoms with Gasteiger partial charge in [0.1, 0.15) is 0 Å². The smallest absolute Gasteiger partial charge is 0.310 e. The number of aryl methyl sites for hydroxylation is 3. The van der Waals surface area contributed by atoms with Gasteiger partial charge in [0.2, 0.25) is 0 Å². The van der Waals surface area contributed by atoms with Gasteiger partial charge in [-0.15, -0.1) is 11.4 Å². The summed E-state index contributed by atoms with van der Waals surface area (Å²) in [5, 5.41) is 14.4. The zero-order valence-electron chi connectivity index (χ0n) is 38.2. The number of nitrogens with zero attached hydrogens (tertiary/aromatic N) is 4. The van der Waals surface area contributed by atoms with Crippen molar-refractivity contribution in [2.45, 2.75) is 33.6 Å². The SMILES string of the molecule is Cc1ccc(C2=C3C=CC(=N3)C(=c3ccc(=C([O-])OCCCOC(=O)CC4=CC(=O)C=CC4=O)cc3)C3=NC(=C(c4ccc(C)cc4)c4ccc([n-]4)C(c4ccc(C)cc4)=C4C=CC2=N4)C=C3)cc1. The molecule has 1 aliphatic carbocycles. The third-order valence-corrected chi connectivity index (χ3v) is 12.2. The monoisotopic (exact) mass is 904 g/mol. The fourth-order valence-electron chi connectivity index (χ4n) is 8.60. The van der Waals surface area contributed by atoms with E-state index in [9.17, 15) is 19.5 Å². The Morgan fingerprint density at radius 1 is 0.522 bits per heavy atom. The fourth-order valence-corrected chi connectivity index (χ4v) is 8.60. The summed E-state index contributed by atoms with van der Waals surface area (Å²) in [6.07, 6.45) is 15.5. The first kappa shape index (κ1) is 44.1.